The van der Waals surface area contributed by atoms with Gasteiger partial charge in [0.1, 0.15) is 12.4 Å². The van der Waals surface area contributed by atoms with Crippen molar-refractivity contribution < 1.29 is 14.8 Å². The minimum Gasteiger partial charge on any atom is -0.488 e. The lowest BCUT2D eigenvalue weighted by molar-refractivity contribution is -0.385. The second-order valence-electron chi connectivity index (χ2n) is 4.41. The van der Waals surface area contributed by atoms with Crippen molar-refractivity contribution in [2.75, 3.05) is 0 Å². The number of rotatable bonds is 5. The molecule has 0 fully saturated rings. The van der Waals surface area contributed by atoms with Gasteiger partial charge in [0.25, 0.3) is 5.69 Å². The standard InChI is InChI=1S/C14H13ClN2O4/c1-9(18)12-6-11(17(19)20)2-3-14(12)21-8-10-4-5-16-7-13(10)15/h2-7,9,18H,8H2,1H3/t9-/m1/s1. The van der Waals surface area contributed by atoms with Crippen molar-refractivity contribution >= 4 is 17.3 Å². The fraction of sp³-hybridized carbons (Fsp3) is 0.214. The highest BCUT2D eigenvalue weighted by Crippen LogP contribution is 2.30. The van der Waals surface area contributed by atoms with Crippen molar-refractivity contribution in [1.82, 2.24) is 4.98 Å². The molecule has 1 aromatic carbocycles. The van der Waals surface area contributed by atoms with Gasteiger partial charge in [-0.05, 0) is 19.1 Å². The van der Waals surface area contributed by atoms with Gasteiger partial charge < -0.3 is 9.84 Å². The van der Waals surface area contributed by atoms with Gasteiger partial charge in [-0.25, -0.2) is 0 Å². The zero-order valence-corrected chi connectivity index (χ0v) is 11.9. The summed E-state index contributed by atoms with van der Waals surface area (Å²) in [7, 11) is 0. The maximum atomic E-state index is 10.8. The first kappa shape index (κ1) is 15.2. The number of nitro groups is 1. The van der Waals surface area contributed by atoms with E-state index in [-0.39, 0.29) is 12.3 Å². The topological polar surface area (TPSA) is 85.5 Å². The largest absolute Gasteiger partial charge is 0.488 e. The minimum absolute atomic E-state index is 0.0970. The van der Waals surface area contributed by atoms with Crippen LogP contribution in [0.15, 0.2) is 36.7 Å². The second kappa shape index (κ2) is 6.51. The molecule has 0 aliphatic carbocycles. The molecule has 0 unspecified atom stereocenters. The average Bonchev–Trinajstić information content (AvgIpc) is 2.46. The quantitative estimate of drug-likeness (QED) is 0.676. The summed E-state index contributed by atoms with van der Waals surface area (Å²) in [5.41, 5.74) is 0.996. The molecular formula is C14H13ClN2O4. The monoisotopic (exact) mass is 308 g/mol. The number of hydrogen-bond donors (Lipinski definition) is 1. The maximum absolute atomic E-state index is 10.8. The van der Waals surface area contributed by atoms with Crippen LogP contribution in [0.1, 0.15) is 24.2 Å². The zero-order chi connectivity index (χ0) is 15.4. The number of nitro benzene ring substituents is 1. The van der Waals surface area contributed by atoms with Crippen molar-refractivity contribution in [3.63, 3.8) is 0 Å². The highest BCUT2D eigenvalue weighted by Gasteiger charge is 2.15. The van der Waals surface area contributed by atoms with E-state index in [1.165, 1.54) is 31.3 Å². The van der Waals surface area contributed by atoms with E-state index in [1.807, 2.05) is 0 Å². The normalized spacial score (nSPS) is 12.0. The molecule has 1 atom stereocenters. The summed E-state index contributed by atoms with van der Waals surface area (Å²) >= 11 is 5.98. The van der Waals surface area contributed by atoms with Gasteiger partial charge in [-0.15, -0.1) is 0 Å². The third kappa shape index (κ3) is 3.68. The van der Waals surface area contributed by atoms with E-state index >= 15 is 0 Å². The van der Waals surface area contributed by atoms with E-state index in [4.69, 9.17) is 16.3 Å². The summed E-state index contributed by atoms with van der Waals surface area (Å²) < 4.78 is 5.61. The van der Waals surface area contributed by atoms with Crippen molar-refractivity contribution in [3.05, 3.63) is 62.9 Å². The molecule has 7 heteroatoms. The van der Waals surface area contributed by atoms with Crippen LogP contribution in [0, 0.1) is 10.1 Å². The van der Waals surface area contributed by atoms with Crippen LogP contribution >= 0.6 is 11.6 Å². The molecule has 0 saturated heterocycles. The maximum Gasteiger partial charge on any atom is 0.270 e. The lowest BCUT2D eigenvalue weighted by atomic mass is 10.1. The number of non-ortho nitro benzene ring substituents is 1. The number of halogens is 1. The Morgan fingerprint density at radius 2 is 2.24 bits per heavy atom. The first-order valence-corrected chi connectivity index (χ1v) is 6.54. The second-order valence-corrected chi connectivity index (χ2v) is 4.82. The minimum atomic E-state index is -0.882. The molecule has 2 aromatic rings. The smallest absolute Gasteiger partial charge is 0.270 e. The highest BCUT2D eigenvalue weighted by molar-refractivity contribution is 6.31. The van der Waals surface area contributed by atoms with Crippen molar-refractivity contribution in [1.29, 1.82) is 0 Å². The molecule has 0 aliphatic rings. The van der Waals surface area contributed by atoms with E-state index in [9.17, 15) is 15.2 Å². The molecule has 0 aliphatic heterocycles. The van der Waals surface area contributed by atoms with E-state index in [0.717, 1.165) is 5.56 Å². The van der Waals surface area contributed by atoms with Gasteiger partial charge in [-0.1, -0.05) is 11.6 Å². The number of pyridine rings is 1. The van der Waals surface area contributed by atoms with E-state index in [0.29, 0.717) is 16.3 Å². The number of aliphatic hydroxyl groups excluding tert-OH is 1. The van der Waals surface area contributed by atoms with Crippen molar-refractivity contribution in [2.45, 2.75) is 19.6 Å². The number of aromatic nitrogens is 1. The van der Waals surface area contributed by atoms with Gasteiger partial charge in [0.05, 0.1) is 16.0 Å². The van der Waals surface area contributed by atoms with E-state index in [1.54, 1.807) is 12.3 Å². The fourth-order valence-electron chi connectivity index (χ4n) is 1.78. The SMILES string of the molecule is C[C@@H](O)c1cc([N+](=O)[O-])ccc1OCc1ccncc1Cl. The number of benzene rings is 1. The van der Waals surface area contributed by atoms with Crippen LogP contribution in [0.25, 0.3) is 0 Å². The average molecular weight is 309 g/mol. The molecule has 0 amide bonds. The predicted octanol–water partition coefficient (Wildman–Crippen LogP) is 3.28. The predicted molar refractivity (Wildman–Crippen MR) is 77.3 cm³/mol. The Morgan fingerprint density at radius 3 is 2.86 bits per heavy atom. The van der Waals surface area contributed by atoms with E-state index < -0.39 is 11.0 Å². The summed E-state index contributed by atoms with van der Waals surface area (Å²) in [6.07, 6.45) is 2.22. The van der Waals surface area contributed by atoms with Crippen LogP contribution in [-0.4, -0.2) is 15.0 Å². The van der Waals surface area contributed by atoms with Gasteiger partial charge in [-0.2, -0.15) is 0 Å². The number of nitrogens with zero attached hydrogens (tertiary/aromatic N) is 2. The molecule has 0 saturated carbocycles. The van der Waals surface area contributed by atoms with Crippen LogP contribution in [0.2, 0.25) is 5.02 Å². The van der Waals surface area contributed by atoms with Gasteiger partial charge in [0.15, 0.2) is 0 Å². The molecule has 0 radical (unpaired) electrons. The molecule has 21 heavy (non-hydrogen) atoms. The number of hydrogen-bond acceptors (Lipinski definition) is 5. The molecule has 0 bridgehead atoms. The Hall–Kier alpha value is -2.18. The molecule has 6 nitrogen and oxygen atoms in total. The van der Waals surface area contributed by atoms with Gasteiger partial charge in [0, 0.05) is 35.7 Å². The van der Waals surface area contributed by atoms with Crippen molar-refractivity contribution in [3.8, 4) is 5.75 Å². The summed E-state index contributed by atoms with van der Waals surface area (Å²) in [5.74, 6) is 0.378. The highest BCUT2D eigenvalue weighted by atomic mass is 35.5. The number of ether oxygens (including phenoxy) is 1. The lowest BCUT2D eigenvalue weighted by Gasteiger charge is -2.13. The molecule has 1 N–H and O–H groups in total. The number of aliphatic hydroxyl groups is 1. The molecule has 1 aromatic heterocycles. The fourth-order valence-corrected chi connectivity index (χ4v) is 1.96. The van der Waals surface area contributed by atoms with Crippen LogP contribution < -0.4 is 4.74 Å². The first-order valence-electron chi connectivity index (χ1n) is 6.16. The summed E-state index contributed by atoms with van der Waals surface area (Å²) in [4.78, 5) is 14.1. The van der Waals surface area contributed by atoms with Gasteiger partial charge >= 0.3 is 0 Å². The van der Waals surface area contributed by atoms with Crippen molar-refractivity contribution in [2.24, 2.45) is 0 Å². The Kier molecular flexibility index (Phi) is 4.72. The summed E-state index contributed by atoms with van der Waals surface area (Å²) in [6, 6.07) is 5.81. The molecule has 110 valence electrons. The van der Waals surface area contributed by atoms with Gasteiger partial charge in [-0.3, -0.25) is 15.1 Å². The van der Waals surface area contributed by atoms with Crippen LogP contribution in [0.3, 0.4) is 0 Å². The Bertz CT molecular complexity index is 661. The van der Waals surface area contributed by atoms with Gasteiger partial charge in [0.2, 0.25) is 0 Å². The lowest BCUT2D eigenvalue weighted by Crippen LogP contribution is -2.02. The van der Waals surface area contributed by atoms with E-state index in [2.05, 4.69) is 4.98 Å². The Labute approximate surface area is 126 Å². The Morgan fingerprint density at radius 1 is 1.48 bits per heavy atom. The van der Waals surface area contributed by atoms with Crippen LogP contribution in [0.4, 0.5) is 5.69 Å². The third-order valence-corrected chi connectivity index (χ3v) is 3.23. The molecule has 2 rings (SSSR count). The Balaban J connectivity index is 2.23. The zero-order valence-electron chi connectivity index (χ0n) is 11.2. The summed E-state index contributed by atoms with van der Waals surface area (Å²) in [5, 5.41) is 21.0. The molecule has 0 spiro atoms. The van der Waals surface area contributed by atoms with Crippen LogP contribution in [0.5, 0.6) is 5.75 Å². The molecule has 1 heterocycles. The van der Waals surface area contributed by atoms with Crippen LogP contribution in [-0.2, 0) is 6.61 Å². The third-order valence-electron chi connectivity index (χ3n) is 2.89. The first-order chi connectivity index (χ1) is 9.99. The summed E-state index contributed by atoms with van der Waals surface area (Å²) in [6.45, 7) is 1.70. The molecular weight excluding hydrogens is 296 g/mol.